The predicted molar refractivity (Wildman–Crippen MR) is 65.5 cm³/mol. The standard InChI is InChI=1S/C9H10N2O6S2/c12-9(13)6-3-4-10(5-6)19(16,17)8-2-1-7(18-8)11(14)15/h1-2,6H,3-5H2,(H,12,13). The molecule has 2 rings (SSSR count). The number of aliphatic carboxylic acids is 1. The van der Waals surface area contributed by atoms with Crippen LogP contribution in [0.1, 0.15) is 6.42 Å². The third-order valence-electron chi connectivity index (χ3n) is 2.84. The third-order valence-corrected chi connectivity index (χ3v) is 6.21. The second kappa shape index (κ2) is 4.87. The van der Waals surface area contributed by atoms with Gasteiger partial charge in [-0.25, -0.2) is 8.42 Å². The lowest BCUT2D eigenvalue weighted by Crippen LogP contribution is -2.29. The predicted octanol–water partition coefficient (Wildman–Crippen LogP) is 0.751. The summed E-state index contributed by atoms with van der Waals surface area (Å²) in [4.78, 5) is 20.7. The first-order chi connectivity index (χ1) is 8.82. The molecule has 10 heteroatoms. The molecule has 0 radical (unpaired) electrons. The van der Waals surface area contributed by atoms with Crippen LogP contribution in [0.5, 0.6) is 0 Å². The van der Waals surface area contributed by atoms with Crippen molar-refractivity contribution in [2.75, 3.05) is 13.1 Å². The molecule has 19 heavy (non-hydrogen) atoms. The Morgan fingerprint density at radius 3 is 2.68 bits per heavy atom. The lowest BCUT2D eigenvalue weighted by Gasteiger charge is -2.13. The van der Waals surface area contributed by atoms with Crippen LogP contribution < -0.4 is 0 Å². The SMILES string of the molecule is O=C(O)C1CCN(S(=O)(=O)c2ccc([N+](=O)[O-])s2)C1. The van der Waals surface area contributed by atoms with Gasteiger partial charge in [0, 0.05) is 19.2 Å². The minimum absolute atomic E-state index is 0.0939. The first-order valence-electron chi connectivity index (χ1n) is 5.29. The Morgan fingerprint density at radius 1 is 1.53 bits per heavy atom. The van der Waals surface area contributed by atoms with E-state index in [1.54, 1.807) is 0 Å². The molecule has 1 N–H and O–H groups in total. The molecule has 1 unspecified atom stereocenters. The van der Waals surface area contributed by atoms with Crippen molar-refractivity contribution in [3.8, 4) is 0 Å². The van der Waals surface area contributed by atoms with E-state index in [0.29, 0.717) is 11.3 Å². The van der Waals surface area contributed by atoms with Crippen molar-refractivity contribution in [1.29, 1.82) is 0 Å². The maximum Gasteiger partial charge on any atom is 0.325 e. The third kappa shape index (κ3) is 2.60. The van der Waals surface area contributed by atoms with Crippen LogP contribution in [0.15, 0.2) is 16.3 Å². The summed E-state index contributed by atoms with van der Waals surface area (Å²) in [6.45, 7) is 0.0222. The van der Waals surface area contributed by atoms with Crippen LogP contribution in [0.3, 0.4) is 0 Å². The van der Waals surface area contributed by atoms with Crippen LogP contribution >= 0.6 is 11.3 Å². The molecule has 0 spiro atoms. The molecule has 0 saturated carbocycles. The maximum atomic E-state index is 12.2. The molecule has 104 valence electrons. The number of carboxylic acids is 1. The summed E-state index contributed by atoms with van der Waals surface area (Å²) < 4.78 is 25.2. The van der Waals surface area contributed by atoms with Crippen molar-refractivity contribution in [1.82, 2.24) is 4.31 Å². The van der Waals surface area contributed by atoms with E-state index in [9.17, 15) is 23.3 Å². The Morgan fingerprint density at radius 2 is 2.21 bits per heavy atom. The van der Waals surface area contributed by atoms with Gasteiger partial charge in [0.1, 0.15) is 4.21 Å². The molecule has 2 heterocycles. The topological polar surface area (TPSA) is 118 Å². The van der Waals surface area contributed by atoms with E-state index in [0.717, 1.165) is 10.4 Å². The minimum Gasteiger partial charge on any atom is -0.481 e. The molecule has 0 amide bonds. The lowest BCUT2D eigenvalue weighted by molar-refractivity contribution is -0.380. The number of hydrogen-bond acceptors (Lipinski definition) is 6. The molecule has 1 aliphatic heterocycles. The van der Waals surface area contributed by atoms with Crippen molar-refractivity contribution >= 4 is 32.3 Å². The molecule has 1 aromatic heterocycles. The van der Waals surface area contributed by atoms with Crippen molar-refractivity contribution in [2.45, 2.75) is 10.6 Å². The van der Waals surface area contributed by atoms with Crippen LogP contribution in [0.2, 0.25) is 0 Å². The Bertz CT molecular complexity index is 622. The number of nitro groups is 1. The zero-order chi connectivity index (χ0) is 14.2. The smallest absolute Gasteiger partial charge is 0.325 e. The van der Waals surface area contributed by atoms with Gasteiger partial charge in [0.15, 0.2) is 0 Å². The van der Waals surface area contributed by atoms with Crippen LogP contribution in [0.25, 0.3) is 0 Å². The summed E-state index contributed by atoms with van der Waals surface area (Å²) in [5, 5.41) is 19.1. The fraction of sp³-hybridized carbons (Fsp3) is 0.444. The van der Waals surface area contributed by atoms with E-state index in [1.807, 2.05) is 0 Å². The molecular formula is C9H10N2O6S2. The monoisotopic (exact) mass is 306 g/mol. The van der Waals surface area contributed by atoms with Crippen molar-refractivity contribution < 1.29 is 23.2 Å². The average molecular weight is 306 g/mol. The number of hydrogen-bond donors (Lipinski definition) is 1. The van der Waals surface area contributed by atoms with Gasteiger partial charge in [-0.15, -0.1) is 0 Å². The summed E-state index contributed by atoms with van der Waals surface area (Å²) in [5.74, 6) is -1.75. The molecule has 0 bridgehead atoms. The zero-order valence-corrected chi connectivity index (χ0v) is 11.2. The van der Waals surface area contributed by atoms with Gasteiger partial charge in [0.05, 0.1) is 10.8 Å². The number of nitrogens with zero attached hydrogens (tertiary/aromatic N) is 2. The second-order valence-electron chi connectivity index (χ2n) is 4.04. The second-order valence-corrected chi connectivity index (χ2v) is 7.26. The highest BCUT2D eigenvalue weighted by Crippen LogP contribution is 2.32. The fourth-order valence-corrected chi connectivity index (χ4v) is 4.59. The summed E-state index contributed by atoms with van der Waals surface area (Å²) in [6.07, 6.45) is 0.252. The van der Waals surface area contributed by atoms with Gasteiger partial charge in [0.2, 0.25) is 0 Å². The molecule has 1 aliphatic rings. The van der Waals surface area contributed by atoms with E-state index in [1.165, 1.54) is 6.07 Å². The van der Waals surface area contributed by atoms with E-state index < -0.39 is 26.8 Å². The number of sulfonamides is 1. The van der Waals surface area contributed by atoms with Gasteiger partial charge < -0.3 is 5.11 Å². The fourth-order valence-electron chi connectivity index (χ4n) is 1.82. The van der Waals surface area contributed by atoms with Crippen LogP contribution in [-0.4, -0.2) is 41.8 Å². The first-order valence-corrected chi connectivity index (χ1v) is 7.55. The van der Waals surface area contributed by atoms with E-state index in [-0.39, 0.29) is 28.7 Å². The summed E-state index contributed by atoms with van der Waals surface area (Å²) >= 11 is 0.568. The number of carboxylic acid groups (broad SMARTS) is 1. The summed E-state index contributed by atoms with van der Waals surface area (Å²) in [6, 6.07) is 2.30. The highest BCUT2D eigenvalue weighted by atomic mass is 32.2. The van der Waals surface area contributed by atoms with Gasteiger partial charge in [-0.1, -0.05) is 0 Å². The Kier molecular flexibility index (Phi) is 3.56. The molecule has 0 aromatic carbocycles. The Labute approximate surface area is 112 Å². The Balaban J connectivity index is 2.23. The summed E-state index contributed by atoms with van der Waals surface area (Å²) in [7, 11) is -3.83. The lowest BCUT2D eigenvalue weighted by atomic mass is 10.1. The highest BCUT2D eigenvalue weighted by molar-refractivity contribution is 7.91. The molecule has 1 aromatic rings. The van der Waals surface area contributed by atoms with Gasteiger partial charge in [-0.3, -0.25) is 14.9 Å². The number of thiophene rings is 1. The van der Waals surface area contributed by atoms with Gasteiger partial charge in [0.25, 0.3) is 10.0 Å². The first kappa shape index (κ1) is 13.9. The van der Waals surface area contributed by atoms with E-state index in [4.69, 9.17) is 5.11 Å². The normalized spacial score (nSPS) is 20.5. The molecular weight excluding hydrogens is 296 g/mol. The number of carbonyl (C=O) groups is 1. The molecule has 8 nitrogen and oxygen atoms in total. The van der Waals surface area contributed by atoms with Gasteiger partial charge >= 0.3 is 11.0 Å². The van der Waals surface area contributed by atoms with Crippen molar-refractivity contribution in [2.24, 2.45) is 5.92 Å². The summed E-state index contributed by atoms with van der Waals surface area (Å²) in [5.41, 5.74) is 0. The zero-order valence-electron chi connectivity index (χ0n) is 9.55. The van der Waals surface area contributed by atoms with Gasteiger partial charge in [-0.2, -0.15) is 4.31 Å². The molecule has 1 atom stereocenters. The van der Waals surface area contributed by atoms with Crippen molar-refractivity contribution in [3.63, 3.8) is 0 Å². The van der Waals surface area contributed by atoms with Crippen LogP contribution in [0.4, 0.5) is 5.00 Å². The molecule has 0 aliphatic carbocycles. The van der Waals surface area contributed by atoms with E-state index >= 15 is 0 Å². The van der Waals surface area contributed by atoms with E-state index in [2.05, 4.69) is 0 Å². The quantitative estimate of drug-likeness (QED) is 0.648. The Hall–Kier alpha value is -1.52. The van der Waals surface area contributed by atoms with Gasteiger partial charge in [-0.05, 0) is 23.8 Å². The molecule has 1 saturated heterocycles. The number of rotatable bonds is 4. The maximum absolute atomic E-state index is 12.2. The highest BCUT2D eigenvalue weighted by Gasteiger charge is 2.37. The molecule has 1 fully saturated rings. The largest absolute Gasteiger partial charge is 0.481 e. The van der Waals surface area contributed by atoms with Crippen LogP contribution in [-0.2, 0) is 14.8 Å². The average Bonchev–Trinajstić information content (AvgIpc) is 2.99. The van der Waals surface area contributed by atoms with Crippen LogP contribution in [0, 0.1) is 16.0 Å². The minimum atomic E-state index is -3.83. The van der Waals surface area contributed by atoms with Crippen molar-refractivity contribution in [3.05, 3.63) is 22.2 Å².